The normalized spacial score (nSPS) is 24.1. The van der Waals surface area contributed by atoms with Crippen LogP contribution in [0.2, 0.25) is 0 Å². The van der Waals surface area contributed by atoms with Gasteiger partial charge in [-0.3, -0.25) is 4.90 Å². The Morgan fingerprint density at radius 3 is 2.35 bits per heavy atom. The number of rotatable bonds is 4. The average Bonchev–Trinajstić information content (AvgIpc) is 2.68. The molecule has 0 aliphatic carbocycles. The molecule has 0 radical (unpaired) electrons. The Labute approximate surface area is 156 Å². The fourth-order valence-corrected chi connectivity index (χ4v) is 4.56. The highest BCUT2D eigenvalue weighted by molar-refractivity contribution is 5.74. The van der Waals surface area contributed by atoms with Gasteiger partial charge in [0.15, 0.2) is 0 Å². The van der Waals surface area contributed by atoms with Gasteiger partial charge in [-0.2, -0.15) is 0 Å². The first kappa shape index (κ1) is 17.8. The molecular formula is C21H31N3O2. The van der Waals surface area contributed by atoms with Gasteiger partial charge in [-0.15, -0.1) is 0 Å². The first-order valence-electron chi connectivity index (χ1n) is 10.2. The molecule has 3 aliphatic rings. The SMILES string of the molecule is O=C(NC[C@H](c1ccccc1)N1CCCCC1)N1CCC2(CCO2)CC1. The van der Waals surface area contributed by atoms with Crippen LogP contribution in [0, 0.1) is 0 Å². The van der Waals surface area contributed by atoms with E-state index in [1.54, 1.807) is 0 Å². The molecule has 26 heavy (non-hydrogen) atoms. The first-order chi connectivity index (χ1) is 12.8. The molecule has 3 heterocycles. The predicted molar refractivity (Wildman–Crippen MR) is 102 cm³/mol. The number of carbonyl (C=O) groups is 1. The fraction of sp³-hybridized carbons (Fsp3) is 0.667. The minimum Gasteiger partial charge on any atom is -0.375 e. The number of nitrogens with zero attached hydrogens (tertiary/aromatic N) is 2. The van der Waals surface area contributed by atoms with Crippen molar-refractivity contribution >= 4 is 6.03 Å². The van der Waals surface area contributed by atoms with E-state index in [0.29, 0.717) is 6.54 Å². The molecule has 1 aromatic carbocycles. The molecule has 3 fully saturated rings. The highest BCUT2D eigenvalue weighted by atomic mass is 16.5. The summed E-state index contributed by atoms with van der Waals surface area (Å²) in [5.41, 5.74) is 1.40. The monoisotopic (exact) mass is 357 g/mol. The Morgan fingerprint density at radius 2 is 1.73 bits per heavy atom. The van der Waals surface area contributed by atoms with Crippen LogP contribution in [-0.2, 0) is 4.74 Å². The van der Waals surface area contributed by atoms with E-state index in [0.717, 1.165) is 52.0 Å². The van der Waals surface area contributed by atoms with Crippen LogP contribution < -0.4 is 5.32 Å². The van der Waals surface area contributed by atoms with E-state index in [-0.39, 0.29) is 17.7 Å². The molecule has 1 N–H and O–H groups in total. The Morgan fingerprint density at radius 1 is 1.04 bits per heavy atom. The van der Waals surface area contributed by atoms with Crippen LogP contribution in [0.1, 0.15) is 50.1 Å². The van der Waals surface area contributed by atoms with Gasteiger partial charge in [0.05, 0.1) is 18.2 Å². The van der Waals surface area contributed by atoms with Crippen molar-refractivity contribution < 1.29 is 9.53 Å². The molecular weight excluding hydrogens is 326 g/mol. The van der Waals surface area contributed by atoms with Crippen LogP contribution >= 0.6 is 0 Å². The first-order valence-corrected chi connectivity index (χ1v) is 10.2. The van der Waals surface area contributed by atoms with Crippen LogP contribution in [0.3, 0.4) is 0 Å². The van der Waals surface area contributed by atoms with Crippen molar-refractivity contribution in [3.05, 3.63) is 35.9 Å². The van der Waals surface area contributed by atoms with Gasteiger partial charge in [0.2, 0.25) is 0 Å². The molecule has 0 aromatic heterocycles. The summed E-state index contributed by atoms with van der Waals surface area (Å²) in [5.74, 6) is 0. The zero-order valence-corrected chi connectivity index (χ0v) is 15.7. The van der Waals surface area contributed by atoms with Gasteiger partial charge < -0.3 is 15.0 Å². The van der Waals surface area contributed by atoms with E-state index in [9.17, 15) is 4.79 Å². The van der Waals surface area contributed by atoms with Gasteiger partial charge in [-0.1, -0.05) is 36.8 Å². The maximum absolute atomic E-state index is 12.7. The van der Waals surface area contributed by atoms with Crippen molar-refractivity contribution in [2.45, 2.75) is 50.2 Å². The lowest BCUT2D eigenvalue weighted by atomic mass is 9.84. The van der Waals surface area contributed by atoms with Gasteiger partial charge in [0.25, 0.3) is 0 Å². The molecule has 3 saturated heterocycles. The van der Waals surface area contributed by atoms with Crippen LogP contribution in [0.4, 0.5) is 4.79 Å². The molecule has 3 aliphatic heterocycles. The van der Waals surface area contributed by atoms with Crippen LogP contribution in [0.5, 0.6) is 0 Å². The van der Waals surface area contributed by atoms with E-state index < -0.39 is 0 Å². The Kier molecular flexibility index (Phi) is 5.46. The highest BCUT2D eigenvalue weighted by Gasteiger charge is 2.42. The minimum absolute atomic E-state index is 0.0807. The highest BCUT2D eigenvalue weighted by Crippen LogP contribution is 2.36. The zero-order valence-electron chi connectivity index (χ0n) is 15.7. The number of carbonyl (C=O) groups excluding carboxylic acids is 1. The molecule has 1 atom stereocenters. The maximum atomic E-state index is 12.7. The fourth-order valence-electron chi connectivity index (χ4n) is 4.56. The van der Waals surface area contributed by atoms with Gasteiger partial charge in [-0.25, -0.2) is 4.79 Å². The lowest BCUT2D eigenvalue weighted by Crippen LogP contribution is -2.55. The van der Waals surface area contributed by atoms with Crippen molar-refractivity contribution in [1.82, 2.24) is 15.1 Å². The summed E-state index contributed by atoms with van der Waals surface area (Å²) in [6, 6.07) is 11.0. The zero-order chi connectivity index (χ0) is 17.8. The standard InChI is InChI=1S/C21H31N3O2/c25-20(24-14-9-21(10-15-24)11-16-26-21)22-17-19(18-7-3-1-4-8-18)23-12-5-2-6-13-23/h1,3-4,7-8,19H,2,5-6,9-17H2,(H,22,25)/t19-/m1/s1. The summed E-state index contributed by atoms with van der Waals surface area (Å²) >= 11 is 0. The second kappa shape index (κ2) is 7.97. The Hall–Kier alpha value is -1.59. The summed E-state index contributed by atoms with van der Waals surface area (Å²) < 4.78 is 5.76. The van der Waals surface area contributed by atoms with E-state index in [1.807, 2.05) is 4.90 Å². The van der Waals surface area contributed by atoms with E-state index in [2.05, 4.69) is 40.5 Å². The third-order valence-corrected chi connectivity index (χ3v) is 6.39. The van der Waals surface area contributed by atoms with Gasteiger partial charge in [-0.05, 0) is 50.8 Å². The molecule has 4 rings (SSSR count). The number of hydrogen-bond acceptors (Lipinski definition) is 3. The van der Waals surface area contributed by atoms with Crippen molar-refractivity contribution in [3.8, 4) is 0 Å². The largest absolute Gasteiger partial charge is 0.375 e. The summed E-state index contributed by atoms with van der Waals surface area (Å²) in [4.78, 5) is 17.2. The Balaban J connectivity index is 1.34. The molecule has 5 nitrogen and oxygen atoms in total. The summed E-state index contributed by atoms with van der Waals surface area (Å²) in [5, 5.41) is 3.22. The number of ether oxygens (including phenoxy) is 1. The summed E-state index contributed by atoms with van der Waals surface area (Å²) in [6.07, 6.45) is 6.95. The second-order valence-electron chi connectivity index (χ2n) is 7.98. The topological polar surface area (TPSA) is 44.8 Å². The summed E-state index contributed by atoms with van der Waals surface area (Å²) in [6.45, 7) is 5.44. The number of benzene rings is 1. The number of amides is 2. The van der Waals surface area contributed by atoms with Crippen molar-refractivity contribution in [2.24, 2.45) is 0 Å². The molecule has 5 heteroatoms. The van der Waals surface area contributed by atoms with Gasteiger partial charge in [0.1, 0.15) is 0 Å². The predicted octanol–water partition coefficient (Wildman–Crippen LogP) is 3.18. The maximum Gasteiger partial charge on any atom is 0.317 e. The molecule has 2 amide bonds. The Bertz CT molecular complexity index is 587. The van der Waals surface area contributed by atoms with Crippen LogP contribution in [0.15, 0.2) is 30.3 Å². The minimum atomic E-state index is 0.0807. The summed E-state index contributed by atoms with van der Waals surface area (Å²) in [7, 11) is 0. The van der Waals surface area contributed by atoms with Gasteiger partial charge in [0, 0.05) is 19.6 Å². The number of piperidine rings is 2. The van der Waals surface area contributed by atoms with Crippen molar-refractivity contribution in [3.63, 3.8) is 0 Å². The van der Waals surface area contributed by atoms with Crippen molar-refractivity contribution in [1.29, 1.82) is 0 Å². The molecule has 0 saturated carbocycles. The third-order valence-electron chi connectivity index (χ3n) is 6.39. The van der Waals surface area contributed by atoms with E-state index in [1.165, 1.54) is 24.8 Å². The molecule has 0 unspecified atom stereocenters. The smallest absolute Gasteiger partial charge is 0.317 e. The average molecular weight is 357 g/mol. The third kappa shape index (κ3) is 3.89. The molecule has 0 bridgehead atoms. The molecule has 1 aromatic rings. The van der Waals surface area contributed by atoms with E-state index >= 15 is 0 Å². The quantitative estimate of drug-likeness (QED) is 0.900. The van der Waals surface area contributed by atoms with Crippen molar-refractivity contribution in [2.75, 3.05) is 39.3 Å². The molecule has 1 spiro atoms. The number of likely N-dealkylation sites (tertiary alicyclic amines) is 2. The number of nitrogens with one attached hydrogen (secondary N) is 1. The lowest BCUT2D eigenvalue weighted by Gasteiger charge is -2.47. The molecule has 142 valence electrons. The lowest BCUT2D eigenvalue weighted by molar-refractivity contribution is -0.169. The van der Waals surface area contributed by atoms with Gasteiger partial charge >= 0.3 is 6.03 Å². The van der Waals surface area contributed by atoms with E-state index in [4.69, 9.17) is 4.74 Å². The number of hydrogen-bond donors (Lipinski definition) is 1. The number of urea groups is 1. The van der Waals surface area contributed by atoms with Crippen LogP contribution in [-0.4, -0.2) is 60.8 Å². The second-order valence-corrected chi connectivity index (χ2v) is 7.98. The van der Waals surface area contributed by atoms with Crippen LogP contribution in [0.25, 0.3) is 0 Å².